The summed E-state index contributed by atoms with van der Waals surface area (Å²) in [7, 11) is 3.41. The maximum atomic E-state index is 13.0. The number of thiophene rings is 1. The summed E-state index contributed by atoms with van der Waals surface area (Å²) in [5, 5.41) is 0.766. The highest BCUT2D eigenvalue weighted by molar-refractivity contribution is 7.18. The van der Waals surface area contributed by atoms with Gasteiger partial charge in [-0.25, -0.2) is 4.98 Å². The number of rotatable bonds is 6. The number of carbonyl (C=O) groups is 1. The second kappa shape index (κ2) is 8.60. The van der Waals surface area contributed by atoms with Crippen molar-refractivity contribution >= 4 is 27.5 Å². The fourth-order valence-corrected chi connectivity index (χ4v) is 5.34. The highest BCUT2D eigenvalue weighted by Gasteiger charge is 2.20. The Morgan fingerprint density at radius 3 is 2.90 bits per heavy atom. The van der Waals surface area contributed by atoms with Crippen LogP contribution in [0.2, 0.25) is 0 Å². The molecule has 0 radical (unpaired) electrons. The molecule has 1 aliphatic carbocycles. The van der Waals surface area contributed by atoms with Crippen molar-refractivity contribution in [3.8, 4) is 5.75 Å². The Bertz CT molecular complexity index is 1150. The van der Waals surface area contributed by atoms with E-state index < -0.39 is 0 Å². The number of benzene rings is 1. The lowest BCUT2D eigenvalue weighted by atomic mass is 9.97. The molecule has 0 saturated heterocycles. The van der Waals surface area contributed by atoms with Gasteiger partial charge in [0.1, 0.15) is 10.6 Å². The molecule has 0 atom stereocenters. The predicted octanol–water partition coefficient (Wildman–Crippen LogP) is 3.70. The van der Waals surface area contributed by atoms with Gasteiger partial charge in [0.05, 0.1) is 18.8 Å². The SMILES string of the molecule is COc1ccc(C)cc1CN(C)C(=O)CCn1cnc2sc3c(c2c1=O)CCCC3. The third-order valence-electron chi connectivity index (χ3n) is 5.78. The van der Waals surface area contributed by atoms with Gasteiger partial charge in [0.15, 0.2) is 0 Å². The average Bonchev–Trinajstić information content (AvgIpc) is 3.12. The van der Waals surface area contributed by atoms with Crippen LogP contribution in [0.3, 0.4) is 0 Å². The highest BCUT2D eigenvalue weighted by atomic mass is 32.1. The van der Waals surface area contributed by atoms with E-state index >= 15 is 0 Å². The Hall–Kier alpha value is -2.67. The molecule has 2 aromatic heterocycles. The van der Waals surface area contributed by atoms with Gasteiger partial charge in [0.25, 0.3) is 5.56 Å². The van der Waals surface area contributed by atoms with Crippen molar-refractivity contribution < 1.29 is 9.53 Å². The number of fused-ring (bicyclic) bond motifs is 3. The largest absolute Gasteiger partial charge is 0.496 e. The zero-order valence-electron chi connectivity index (χ0n) is 17.7. The van der Waals surface area contributed by atoms with E-state index in [9.17, 15) is 9.59 Å². The number of ether oxygens (including phenoxy) is 1. The van der Waals surface area contributed by atoms with E-state index in [2.05, 4.69) is 4.98 Å². The van der Waals surface area contributed by atoms with Gasteiger partial charge in [-0.1, -0.05) is 17.7 Å². The van der Waals surface area contributed by atoms with Crippen molar-refractivity contribution in [3.05, 3.63) is 56.4 Å². The van der Waals surface area contributed by atoms with Crippen LogP contribution in [-0.2, 0) is 30.7 Å². The van der Waals surface area contributed by atoms with Gasteiger partial charge in [0, 0.05) is 37.0 Å². The van der Waals surface area contributed by atoms with E-state index in [4.69, 9.17) is 4.74 Å². The number of methoxy groups -OCH3 is 1. The van der Waals surface area contributed by atoms with E-state index in [1.807, 2.05) is 25.1 Å². The normalized spacial score (nSPS) is 13.3. The van der Waals surface area contributed by atoms with E-state index in [1.54, 1.807) is 41.3 Å². The van der Waals surface area contributed by atoms with Crippen LogP contribution < -0.4 is 10.3 Å². The van der Waals surface area contributed by atoms with Gasteiger partial charge in [-0.2, -0.15) is 0 Å². The molecule has 6 nitrogen and oxygen atoms in total. The van der Waals surface area contributed by atoms with Crippen molar-refractivity contribution in [2.75, 3.05) is 14.2 Å². The van der Waals surface area contributed by atoms with Crippen molar-refractivity contribution in [3.63, 3.8) is 0 Å². The van der Waals surface area contributed by atoms with Gasteiger partial charge >= 0.3 is 0 Å². The van der Waals surface area contributed by atoms with Crippen LogP contribution in [-0.4, -0.2) is 34.5 Å². The van der Waals surface area contributed by atoms with Crippen LogP contribution in [0.15, 0.2) is 29.3 Å². The van der Waals surface area contributed by atoms with Crippen molar-refractivity contribution in [1.82, 2.24) is 14.5 Å². The number of carbonyl (C=O) groups excluding carboxylic acids is 1. The Balaban J connectivity index is 1.47. The fourth-order valence-electron chi connectivity index (χ4n) is 4.12. The molecular formula is C23H27N3O3S. The maximum Gasteiger partial charge on any atom is 0.262 e. The topological polar surface area (TPSA) is 64.4 Å². The van der Waals surface area contributed by atoms with Crippen LogP contribution in [0, 0.1) is 6.92 Å². The summed E-state index contributed by atoms with van der Waals surface area (Å²) in [6, 6.07) is 5.94. The third-order valence-corrected chi connectivity index (χ3v) is 6.98. The minimum atomic E-state index is -0.0183. The zero-order valence-corrected chi connectivity index (χ0v) is 18.6. The molecule has 158 valence electrons. The van der Waals surface area contributed by atoms with E-state index in [0.717, 1.165) is 46.4 Å². The molecule has 0 saturated carbocycles. The standard InChI is InChI=1S/C23H27N3O3S/c1-15-8-9-18(29-3)16(12-15)13-25(2)20(27)10-11-26-14-24-22-21(23(26)28)17-6-4-5-7-19(17)30-22/h8-9,12,14H,4-7,10-11,13H2,1-3H3. The Morgan fingerprint density at radius 2 is 2.10 bits per heavy atom. The molecule has 0 bridgehead atoms. The smallest absolute Gasteiger partial charge is 0.262 e. The molecule has 2 heterocycles. The van der Waals surface area contributed by atoms with Crippen LogP contribution >= 0.6 is 11.3 Å². The maximum absolute atomic E-state index is 13.0. The minimum Gasteiger partial charge on any atom is -0.496 e. The van der Waals surface area contributed by atoms with Crippen LogP contribution in [0.25, 0.3) is 10.2 Å². The molecule has 1 amide bonds. The van der Waals surface area contributed by atoms with Gasteiger partial charge < -0.3 is 9.64 Å². The number of amides is 1. The van der Waals surface area contributed by atoms with E-state index in [1.165, 1.54) is 16.9 Å². The lowest BCUT2D eigenvalue weighted by Crippen LogP contribution is -2.29. The van der Waals surface area contributed by atoms with Crippen molar-refractivity contribution in [1.29, 1.82) is 0 Å². The highest BCUT2D eigenvalue weighted by Crippen LogP contribution is 2.33. The summed E-state index contributed by atoms with van der Waals surface area (Å²) >= 11 is 1.65. The third kappa shape index (κ3) is 3.99. The first kappa shape index (κ1) is 20.6. The van der Waals surface area contributed by atoms with Gasteiger partial charge in [-0.3, -0.25) is 14.2 Å². The predicted molar refractivity (Wildman–Crippen MR) is 119 cm³/mol. The number of hydrogen-bond acceptors (Lipinski definition) is 5. The molecule has 0 aliphatic heterocycles. The average molecular weight is 426 g/mol. The number of nitrogens with zero attached hydrogens (tertiary/aromatic N) is 3. The van der Waals surface area contributed by atoms with Gasteiger partial charge in [-0.05, 0) is 44.2 Å². The molecule has 0 N–H and O–H groups in total. The monoisotopic (exact) mass is 425 g/mol. The molecule has 1 aliphatic rings. The summed E-state index contributed by atoms with van der Waals surface area (Å²) in [6.45, 7) is 2.82. The van der Waals surface area contributed by atoms with E-state index in [-0.39, 0.29) is 17.9 Å². The molecule has 30 heavy (non-hydrogen) atoms. The lowest BCUT2D eigenvalue weighted by Gasteiger charge is -2.19. The molecule has 0 spiro atoms. The molecule has 1 aromatic carbocycles. The summed E-state index contributed by atoms with van der Waals surface area (Å²) < 4.78 is 7.00. The molecule has 3 aromatic rings. The Kier molecular flexibility index (Phi) is 5.90. The Morgan fingerprint density at radius 1 is 1.30 bits per heavy atom. The molecule has 7 heteroatoms. The molecule has 4 rings (SSSR count). The zero-order chi connectivity index (χ0) is 21.3. The van der Waals surface area contributed by atoms with Crippen LogP contribution in [0.4, 0.5) is 0 Å². The van der Waals surface area contributed by atoms with Crippen molar-refractivity contribution in [2.45, 2.75) is 52.1 Å². The van der Waals surface area contributed by atoms with Gasteiger partial charge in [0.2, 0.25) is 5.91 Å². The minimum absolute atomic E-state index is 0.0158. The van der Waals surface area contributed by atoms with Crippen molar-refractivity contribution in [2.24, 2.45) is 0 Å². The number of aromatic nitrogens is 2. The molecule has 0 fully saturated rings. The summed E-state index contributed by atoms with van der Waals surface area (Å²) in [5.74, 6) is 0.756. The molecule has 0 unspecified atom stereocenters. The Labute approximate surface area is 180 Å². The first-order chi connectivity index (χ1) is 14.5. The lowest BCUT2D eigenvalue weighted by molar-refractivity contribution is -0.130. The fraction of sp³-hybridized carbons (Fsp3) is 0.435. The molecular weight excluding hydrogens is 398 g/mol. The summed E-state index contributed by atoms with van der Waals surface area (Å²) in [4.78, 5) is 34.1. The second-order valence-corrected chi connectivity index (χ2v) is 9.03. The number of hydrogen-bond donors (Lipinski definition) is 0. The van der Waals surface area contributed by atoms with Crippen LogP contribution in [0.1, 0.15) is 40.8 Å². The summed E-state index contributed by atoms with van der Waals surface area (Å²) in [6.07, 6.45) is 6.14. The quantitative estimate of drug-likeness (QED) is 0.604. The first-order valence-corrected chi connectivity index (χ1v) is 11.2. The number of aryl methyl sites for hydroxylation is 4. The van der Waals surface area contributed by atoms with Crippen LogP contribution in [0.5, 0.6) is 5.75 Å². The van der Waals surface area contributed by atoms with E-state index in [0.29, 0.717) is 13.1 Å². The summed E-state index contributed by atoms with van der Waals surface area (Å²) in [5.41, 5.74) is 3.26. The first-order valence-electron chi connectivity index (χ1n) is 10.3. The second-order valence-electron chi connectivity index (χ2n) is 7.95. The van der Waals surface area contributed by atoms with Gasteiger partial charge in [-0.15, -0.1) is 11.3 Å².